The van der Waals surface area contributed by atoms with Crippen LogP contribution in [0.15, 0.2) is 36.7 Å². The van der Waals surface area contributed by atoms with Gasteiger partial charge in [-0.25, -0.2) is 9.97 Å². The summed E-state index contributed by atoms with van der Waals surface area (Å²) in [6.45, 7) is 5.35. The molecule has 1 aromatic carbocycles. The third-order valence-corrected chi connectivity index (χ3v) is 7.09. The van der Waals surface area contributed by atoms with Crippen molar-refractivity contribution in [2.45, 2.75) is 104 Å². The number of ether oxygens (including phenoxy) is 1. The fourth-order valence-electron chi connectivity index (χ4n) is 4.97. The van der Waals surface area contributed by atoms with Gasteiger partial charge < -0.3 is 4.74 Å². The van der Waals surface area contributed by atoms with E-state index in [4.69, 9.17) is 4.74 Å². The van der Waals surface area contributed by atoms with Crippen LogP contribution in [0.25, 0.3) is 11.4 Å². The van der Waals surface area contributed by atoms with Crippen molar-refractivity contribution in [1.82, 2.24) is 9.97 Å². The van der Waals surface area contributed by atoms with Crippen LogP contribution in [0.1, 0.15) is 103 Å². The van der Waals surface area contributed by atoms with Crippen LogP contribution in [0.3, 0.4) is 0 Å². The minimum absolute atomic E-state index is 0.793. The lowest BCUT2D eigenvalue weighted by atomic mass is 9.78. The molecule has 1 aliphatic rings. The molecule has 1 aliphatic carbocycles. The predicted molar refractivity (Wildman–Crippen MR) is 135 cm³/mol. The standard InChI is InChI=1S/C29H44N2O/c1-3-5-7-10-24-13-15-25(16-14-24)12-9-21-32-28-19-17-27(18-20-28)29-30-22-26(23-31-29)11-8-6-4-2/h17-20,22-25H,3-16,21H2,1-2H3. The van der Waals surface area contributed by atoms with Gasteiger partial charge in [0.2, 0.25) is 0 Å². The Bertz CT molecular complexity index is 733. The molecule has 1 saturated carbocycles. The zero-order chi connectivity index (χ0) is 22.4. The normalized spacial score (nSPS) is 18.6. The first kappa shape index (κ1) is 24.7. The van der Waals surface area contributed by atoms with Crippen molar-refractivity contribution in [2.24, 2.45) is 11.8 Å². The number of rotatable bonds is 14. The highest BCUT2D eigenvalue weighted by Crippen LogP contribution is 2.34. The van der Waals surface area contributed by atoms with E-state index in [1.54, 1.807) is 0 Å². The molecule has 0 bridgehead atoms. The van der Waals surface area contributed by atoms with E-state index in [0.29, 0.717) is 0 Å². The molecular weight excluding hydrogens is 392 g/mol. The second-order valence-electron chi connectivity index (χ2n) is 9.77. The molecule has 0 amide bonds. The van der Waals surface area contributed by atoms with Crippen molar-refractivity contribution in [3.63, 3.8) is 0 Å². The van der Waals surface area contributed by atoms with E-state index < -0.39 is 0 Å². The molecule has 3 nitrogen and oxygen atoms in total. The Kier molecular flexibility index (Phi) is 11.0. The van der Waals surface area contributed by atoms with Crippen molar-refractivity contribution < 1.29 is 4.74 Å². The fraction of sp³-hybridized carbons (Fsp3) is 0.655. The Morgan fingerprint density at radius 2 is 1.34 bits per heavy atom. The lowest BCUT2D eigenvalue weighted by Gasteiger charge is -2.28. The minimum atomic E-state index is 0.793. The van der Waals surface area contributed by atoms with E-state index in [1.165, 1.54) is 82.6 Å². The number of nitrogens with zero attached hydrogens (tertiary/aromatic N) is 2. The topological polar surface area (TPSA) is 35.0 Å². The third kappa shape index (κ3) is 8.56. The summed E-state index contributed by atoms with van der Waals surface area (Å²) in [5.74, 6) is 3.67. The highest BCUT2D eigenvalue weighted by molar-refractivity contribution is 5.55. The zero-order valence-electron chi connectivity index (χ0n) is 20.5. The summed E-state index contributed by atoms with van der Waals surface area (Å²) in [5, 5.41) is 0. The molecule has 2 aromatic rings. The van der Waals surface area contributed by atoms with E-state index in [-0.39, 0.29) is 0 Å². The summed E-state index contributed by atoms with van der Waals surface area (Å²) >= 11 is 0. The number of hydrogen-bond acceptors (Lipinski definition) is 3. The maximum atomic E-state index is 6.01. The first-order valence-electron chi connectivity index (χ1n) is 13.3. The third-order valence-electron chi connectivity index (χ3n) is 7.09. The molecule has 1 aromatic heterocycles. The van der Waals surface area contributed by atoms with Gasteiger partial charge in [-0.1, -0.05) is 78.1 Å². The molecule has 176 valence electrons. The molecule has 0 radical (unpaired) electrons. The second-order valence-corrected chi connectivity index (χ2v) is 9.77. The molecule has 0 N–H and O–H groups in total. The van der Waals surface area contributed by atoms with Crippen LogP contribution in [0.5, 0.6) is 5.75 Å². The lowest BCUT2D eigenvalue weighted by Crippen LogP contribution is -2.15. The maximum absolute atomic E-state index is 6.01. The van der Waals surface area contributed by atoms with Gasteiger partial charge in [-0.2, -0.15) is 0 Å². The van der Waals surface area contributed by atoms with Gasteiger partial charge in [-0.15, -0.1) is 0 Å². The van der Waals surface area contributed by atoms with E-state index in [2.05, 4.69) is 48.1 Å². The van der Waals surface area contributed by atoms with Crippen molar-refractivity contribution in [3.8, 4) is 17.1 Å². The Morgan fingerprint density at radius 1 is 0.750 bits per heavy atom. The molecule has 0 saturated heterocycles. The Hall–Kier alpha value is -1.90. The average Bonchev–Trinajstić information content (AvgIpc) is 2.84. The van der Waals surface area contributed by atoms with Crippen molar-refractivity contribution in [2.75, 3.05) is 6.61 Å². The predicted octanol–water partition coefficient (Wildman–Crippen LogP) is 8.42. The minimum Gasteiger partial charge on any atom is -0.494 e. The van der Waals surface area contributed by atoms with Gasteiger partial charge in [0.05, 0.1) is 6.61 Å². The van der Waals surface area contributed by atoms with Crippen molar-refractivity contribution in [3.05, 3.63) is 42.2 Å². The summed E-state index contributed by atoms with van der Waals surface area (Å²) in [4.78, 5) is 9.12. The van der Waals surface area contributed by atoms with E-state index in [9.17, 15) is 0 Å². The van der Waals surface area contributed by atoms with Gasteiger partial charge in [-0.3, -0.25) is 0 Å². The molecule has 0 unspecified atom stereocenters. The van der Waals surface area contributed by atoms with Gasteiger partial charge in [0.15, 0.2) is 5.82 Å². The molecule has 0 spiro atoms. The summed E-state index contributed by atoms with van der Waals surface area (Å²) in [6.07, 6.45) is 22.7. The van der Waals surface area contributed by atoms with E-state index >= 15 is 0 Å². The fourth-order valence-corrected chi connectivity index (χ4v) is 4.97. The summed E-state index contributed by atoms with van der Waals surface area (Å²) < 4.78 is 6.01. The highest BCUT2D eigenvalue weighted by Gasteiger charge is 2.20. The molecule has 1 heterocycles. The lowest BCUT2D eigenvalue weighted by molar-refractivity contribution is 0.228. The maximum Gasteiger partial charge on any atom is 0.159 e. The molecule has 32 heavy (non-hydrogen) atoms. The average molecular weight is 437 g/mol. The van der Waals surface area contributed by atoms with Gasteiger partial charge >= 0.3 is 0 Å². The van der Waals surface area contributed by atoms with Crippen LogP contribution in [-0.4, -0.2) is 16.6 Å². The number of benzene rings is 1. The van der Waals surface area contributed by atoms with Crippen LogP contribution < -0.4 is 4.74 Å². The Morgan fingerprint density at radius 3 is 1.97 bits per heavy atom. The monoisotopic (exact) mass is 436 g/mol. The van der Waals surface area contributed by atoms with Crippen LogP contribution >= 0.6 is 0 Å². The second kappa shape index (κ2) is 14.3. The van der Waals surface area contributed by atoms with Crippen molar-refractivity contribution >= 4 is 0 Å². The molecular formula is C29H44N2O. The molecule has 0 atom stereocenters. The largest absolute Gasteiger partial charge is 0.494 e. The number of hydrogen-bond donors (Lipinski definition) is 0. The summed E-state index contributed by atoms with van der Waals surface area (Å²) in [5.41, 5.74) is 2.28. The van der Waals surface area contributed by atoms with Crippen LogP contribution in [0.2, 0.25) is 0 Å². The Balaban J connectivity index is 1.32. The smallest absolute Gasteiger partial charge is 0.159 e. The van der Waals surface area contributed by atoms with E-state index in [1.807, 2.05) is 12.4 Å². The van der Waals surface area contributed by atoms with Crippen LogP contribution in [-0.2, 0) is 6.42 Å². The van der Waals surface area contributed by atoms with Gasteiger partial charge in [0.1, 0.15) is 5.75 Å². The van der Waals surface area contributed by atoms with Crippen molar-refractivity contribution in [1.29, 1.82) is 0 Å². The highest BCUT2D eigenvalue weighted by atomic mass is 16.5. The summed E-state index contributed by atoms with van der Waals surface area (Å²) in [7, 11) is 0. The number of aryl methyl sites for hydroxylation is 1. The first-order valence-corrected chi connectivity index (χ1v) is 13.3. The molecule has 1 fully saturated rings. The van der Waals surface area contributed by atoms with Crippen LogP contribution in [0.4, 0.5) is 0 Å². The van der Waals surface area contributed by atoms with Crippen LogP contribution in [0, 0.1) is 11.8 Å². The summed E-state index contributed by atoms with van der Waals surface area (Å²) in [6, 6.07) is 8.24. The zero-order valence-corrected chi connectivity index (χ0v) is 20.5. The van der Waals surface area contributed by atoms with Gasteiger partial charge in [0.25, 0.3) is 0 Å². The SMILES string of the molecule is CCCCCc1cnc(-c2ccc(OCCCC3CCC(CCCCC)CC3)cc2)nc1. The molecule has 3 rings (SSSR count). The Labute approximate surface area is 196 Å². The van der Waals surface area contributed by atoms with E-state index in [0.717, 1.165) is 48.4 Å². The first-order chi connectivity index (χ1) is 15.8. The van der Waals surface area contributed by atoms with Gasteiger partial charge in [0, 0.05) is 18.0 Å². The molecule has 3 heteroatoms. The molecule has 0 aliphatic heterocycles. The van der Waals surface area contributed by atoms with Gasteiger partial charge in [-0.05, 0) is 67.3 Å². The number of aromatic nitrogens is 2. The number of unbranched alkanes of at least 4 members (excludes halogenated alkanes) is 4. The quantitative estimate of drug-likeness (QED) is 0.279.